The molecule has 1 aromatic carbocycles. The quantitative estimate of drug-likeness (QED) is 0.850. The fraction of sp³-hybridized carbons (Fsp3) is 0.444. The Hall–Kier alpha value is -2.50. The highest BCUT2D eigenvalue weighted by molar-refractivity contribution is 5.74. The van der Waals surface area contributed by atoms with Crippen molar-refractivity contribution in [3.63, 3.8) is 0 Å². The minimum atomic E-state index is -0.249. The molecule has 0 radical (unpaired) electrons. The molecule has 1 unspecified atom stereocenters. The van der Waals surface area contributed by atoms with E-state index in [1.165, 1.54) is 0 Å². The van der Waals surface area contributed by atoms with Crippen molar-refractivity contribution in [3.05, 3.63) is 47.3 Å². The van der Waals surface area contributed by atoms with E-state index in [1.54, 1.807) is 0 Å². The van der Waals surface area contributed by atoms with Crippen LogP contribution in [0.3, 0.4) is 0 Å². The lowest BCUT2D eigenvalue weighted by Gasteiger charge is -2.12. The van der Waals surface area contributed by atoms with E-state index in [-0.39, 0.29) is 12.1 Å². The summed E-state index contributed by atoms with van der Waals surface area (Å²) in [7, 11) is 0. The molecule has 2 amide bonds. The number of nitrogens with one attached hydrogen (secondary N) is 2. The summed E-state index contributed by atoms with van der Waals surface area (Å²) in [5.41, 5.74) is 1.96. The standard InChI is InChI=1S/C18H23N3O3/c1-3-12(4-2)15-9-13(24-21-15)10-19-18(22)20-16-11-23-17-8-6-5-7-14(16)17/h5-9,12,16H,3-4,10-11H2,1-2H3,(H2,19,20,22). The first-order valence-electron chi connectivity index (χ1n) is 8.42. The van der Waals surface area contributed by atoms with Gasteiger partial charge in [-0.15, -0.1) is 0 Å². The van der Waals surface area contributed by atoms with Crippen LogP contribution in [0.4, 0.5) is 4.79 Å². The maximum absolute atomic E-state index is 12.1. The number of hydrogen-bond acceptors (Lipinski definition) is 4. The predicted molar refractivity (Wildman–Crippen MR) is 89.9 cm³/mol. The molecule has 0 spiro atoms. The molecule has 2 aromatic rings. The highest BCUT2D eigenvalue weighted by atomic mass is 16.5. The van der Waals surface area contributed by atoms with Crippen LogP contribution in [0.2, 0.25) is 0 Å². The lowest BCUT2D eigenvalue weighted by Crippen LogP contribution is -2.38. The lowest BCUT2D eigenvalue weighted by molar-refractivity contribution is 0.230. The number of ether oxygens (including phenoxy) is 1. The third-order valence-corrected chi connectivity index (χ3v) is 4.41. The van der Waals surface area contributed by atoms with Gasteiger partial charge >= 0.3 is 6.03 Å². The first kappa shape index (κ1) is 16.4. The Bertz CT molecular complexity index is 694. The Kier molecular flexibility index (Phi) is 5.03. The van der Waals surface area contributed by atoms with E-state index < -0.39 is 0 Å². The number of aromatic nitrogens is 1. The molecule has 2 N–H and O–H groups in total. The molecule has 0 fully saturated rings. The molecular formula is C18H23N3O3. The highest BCUT2D eigenvalue weighted by Gasteiger charge is 2.25. The molecule has 0 saturated carbocycles. The predicted octanol–water partition coefficient (Wildman–Crippen LogP) is 3.51. The Morgan fingerprint density at radius 2 is 2.12 bits per heavy atom. The van der Waals surface area contributed by atoms with Crippen molar-refractivity contribution in [2.45, 2.75) is 45.2 Å². The van der Waals surface area contributed by atoms with Crippen LogP contribution in [0.5, 0.6) is 5.75 Å². The molecule has 3 rings (SSSR count). The molecule has 0 aliphatic carbocycles. The number of para-hydroxylation sites is 1. The SMILES string of the molecule is CCC(CC)c1cc(CNC(=O)NC2COc3ccccc32)on1. The van der Waals surface area contributed by atoms with Gasteiger partial charge in [-0.1, -0.05) is 37.2 Å². The van der Waals surface area contributed by atoms with Crippen LogP contribution >= 0.6 is 0 Å². The monoisotopic (exact) mass is 329 g/mol. The summed E-state index contributed by atoms with van der Waals surface area (Å²) in [6.45, 7) is 5.04. The van der Waals surface area contributed by atoms with Crippen molar-refractivity contribution in [2.75, 3.05) is 6.61 Å². The Labute approximate surface area is 141 Å². The van der Waals surface area contributed by atoms with Crippen molar-refractivity contribution in [1.82, 2.24) is 15.8 Å². The number of carbonyl (C=O) groups excluding carboxylic acids is 1. The van der Waals surface area contributed by atoms with Gasteiger partial charge in [-0.05, 0) is 18.9 Å². The van der Waals surface area contributed by atoms with E-state index in [1.807, 2.05) is 30.3 Å². The van der Waals surface area contributed by atoms with Gasteiger partial charge in [-0.2, -0.15) is 0 Å². The number of nitrogens with zero attached hydrogens (tertiary/aromatic N) is 1. The average Bonchev–Trinajstić information content (AvgIpc) is 3.22. The molecule has 1 atom stereocenters. The van der Waals surface area contributed by atoms with E-state index in [0.29, 0.717) is 24.8 Å². The topological polar surface area (TPSA) is 76.4 Å². The Morgan fingerprint density at radius 3 is 2.92 bits per heavy atom. The van der Waals surface area contributed by atoms with Gasteiger partial charge in [0, 0.05) is 17.5 Å². The fourth-order valence-corrected chi connectivity index (χ4v) is 2.97. The zero-order valence-electron chi connectivity index (χ0n) is 14.0. The number of fused-ring (bicyclic) bond motifs is 1. The van der Waals surface area contributed by atoms with Gasteiger partial charge in [-0.25, -0.2) is 4.79 Å². The van der Waals surface area contributed by atoms with Crippen LogP contribution in [-0.2, 0) is 6.54 Å². The van der Waals surface area contributed by atoms with Crippen molar-refractivity contribution < 1.29 is 14.1 Å². The molecule has 0 bridgehead atoms. The number of rotatable bonds is 6. The summed E-state index contributed by atoms with van der Waals surface area (Å²) in [5.74, 6) is 1.89. The van der Waals surface area contributed by atoms with Crippen LogP contribution in [-0.4, -0.2) is 17.8 Å². The summed E-state index contributed by atoms with van der Waals surface area (Å²) >= 11 is 0. The zero-order chi connectivity index (χ0) is 16.9. The Balaban J connectivity index is 1.52. The summed E-state index contributed by atoms with van der Waals surface area (Å²) < 4.78 is 10.9. The van der Waals surface area contributed by atoms with E-state index in [4.69, 9.17) is 9.26 Å². The van der Waals surface area contributed by atoms with Gasteiger partial charge in [0.1, 0.15) is 12.4 Å². The summed E-state index contributed by atoms with van der Waals surface area (Å²) in [4.78, 5) is 12.1. The van der Waals surface area contributed by atoms with Crippen molar-refractivity contribution in [3.8, 4) is 5.75 Å². The van der Waals surface area contributed by atoms with E-state index in [2.05, 4.69) is 29.6 Å². The number of carbonyl (C=O) groups is 1. The van der Waals surface area contributed by atoms with Gasteiger partial charge in [0.2, 0.25) is 0 Å². The minimum Gasteiger partial charge on any atom is -0.491 e. The van der Waals surface area contributed by atoms with Crippen LogP contribution in [0.25, 0.3) is 0 Å². The number of urea groups is 1. The molecule has 1 aliphatic rings. The summed E-state index contributed by atoms with van der Waals surface area (Å²) in [6.07, 6.45) is 2.05. The van der Waals surface area contributed by atoms with Gasteiger partial charge in [0.05, 0.1) is 18.3 Å². The van der Waals surface area contributed by atoms with Crippen LogP contribution in [0.1, 0.15) is 55.7 Å². The second-order valence-corrected chi connectivity index (χ2v) is 5.96. The highest BCUT2D eigenvalue weighted by Crippen LogP contribution is 2.31. The fourth-order valence-electron chi connectivity index (χ4n) is 2.97. The van der Waals surface area contributed by atoms with Crippen molar-refractivity contribution in [1.29, 1.82) is 0 Å². The molecule has 2 heterocycles. The summed E-state index contributed by atoms with van der Waals surface area (Å²) in [5, 5.41) is 9.83. The third kappa shape index (κ3) is 3.53. The zero-order valence-corrected chi connectivity index (χ0v) is 14.0. The van der Waals surface area contributed by atoms with Crippen LogP contribution in [0, 0.1) is 0 Å². The van der Waals surface area contributed by atoms with Gasteiger partial charge in [0.25, 0.3) is 0 Å². The third-order valence-electron chi connectivity index (χ3n) is 4.41. The number of hydrogen-bond donors (Lipinski definition) is 2. The molecule has 0 saturated heterocycles. The molecule has 1 aliphatic heterocycles. The normalized spacial score (nSPS) is 15.9. The second kappa shape index (κ2) is 7.38. The first-order chi connectivity index (χ1) is 11.7. The molecule has 128 valence electrons. The van der Waals surface area contributed by atoms with Crippen LogP contribution in [0.15, 0.2) is 34.9 Å². The van der Waals surface area contributed by atoms with E-state index >= 15 is 0 Å². The first-order valence-corrected chi connectivity index (χ1v) is 8.42. The second-order valence-electron chi connectivity index (χ2n) is 5.96. The van der Waals surface area contributed by atoms with Crippen molar-refractivity contribution >= 4 is 6.03 Å². The maximum atomic E-state index is 12.1. The van der Waals surface area contributed by atoms with Gasteiger partial charge < -0.3 is 19.9 Å². The van der Waals surface area contributed by atoms with E-state index in [9.17, 15) is 4.79 Å². The van der Waals surface area contributed by atoms with Crippen LogP contribution < -0.4 is 15.4 Å². The molecule has 1 aromatic heterocycles. The number of amides is 2. The lowest BCUT2D eigenvalue weighted by atomic mass is 9.99. The smallest absolute Gasteiger partial charge is 0.315 e. The average molecular weight is 329 g/mol. The van der Waals surface area contributed by atoms with Gasteiger partial charge in [-0.3, -0.25) is 0 Å². The molecule has 6 nitrogen and oxygen atoms in total. The largest absolute Gasteiger partial charge is 0.491 e. The molecule has 6 heteroatoms. The Morgan fingerprint density at radius 1 is 1.33 bits per heavy atom. The maximum Gasteiger partial charge on any atom is 0.315 e. The minimum absolute atomic E-state index is 0.129. The van der Waals surface area contributed by atoms with E-state index in [0.717, 1.165) is 29.8 Å². The molecule has 24 heavy (non-hydrogen) atoms. The summed E-state index contributed by atoms with van der Waals surface area (Å²) in [6, 6.07) is 9.27. The number of benzene rings is 1. The van der Waals surface area contributed by atoms with Crippen molar-refractivity contribution in [2.24, 2.45) is 0 Å². The van der Waals surface area contributed by atoms with Gasteiger partial charge in [0.15, 0.2) is 5.76 Å². The molecular weight excluding hydrogens is 306 g/mol.